The first-order valence-electron chi connectivity index (χ1n) is 4.23. The van der Waals surface area contributed by atoms with E-state index < -0.39 is 6.09 Å². The third-order valence-electron chi connectivity index (χ3n) is 1.91. The number of nitrogens with one attached hydrogen (secondary N) is 1. The van der Waals surface area contributed by atoms with Gasteiger partial charge in [0.05, 0.1) is 12.1 Å². The van der Waals surface area contributed by atoms with Crippen molar-refractivity contribution >= 4 is 6.09 Å². The molecule has 0 saturated heterocycles. The molecule has 0 bridgehead atoms. The number of alkyl carbamates (subject to hydrolysis) is 1. The van der Waals surface area contributed by atoms with Gasteiger partial charge < -0.3 is 15.8 Å². The molecule has 3 N–H and O–H groups in total. The van der Waals surface area contributed by atoms with Crippen molar-refractivity contribution in [2.75, 3.05) is 13.2 Å². The molecule has 0 spiro atoms. The Morgan fingerprint density at radius 2 is 2.17 bits per heavy atom. The van der Waals surface area contributed by atoms with Gasteiger partial charge in [-0.2, -0.15) is 0 Å². The van der Waals surface area contributed by atoms with E-state index in [1.54, 1.807) is 6.92 Å². The van der Waals surface area contributed by atoms with E-state index in [1.165, 1.54) is 0 Å². The molecule has 72 valence electrons. The van der Waals surface area contributed by atoms with E-state index in [1.807, 2.05) is 13.8 Å². The highest BCUT2D eigenvalue weighted by molar-refractivity contribution is 5.68. The lowest BCUT2D eigenvalue weighted by molar-refractivity contribution is 0.139. The number of carbonyl (C=O) groups excluding carboxylic acids is 1. The number of amides is 1. The molecule has 1 unspecified atom stereocenters. The second-order valence-corrected chi connectivity index (χ2v) is 2.96. The van der Waals surface area contributed by atoms with E-state index >= 15 is 0 Å². The molecular formula is C8H18N2O2. The Morgan fingerprint density at radius 3 is 2.50 bits per heavy atom. The van der Waals surface area contributed by atoms with Gasteiger partial charge >= 0.3 is 6.09 Å². The van der Waals surface area contributed by atoms with Crippen molar-refractivity contribution in [2.24, 2.45) is 5.73 Å². The minimum atomic E-state index is -0.396. The second kappa shape index (κ2) is 4.98. The Balaban J connectivity index is 3.93. The topological polar surface area (TPSA) is 64.3 Å². The van der Waals surface area contributed by atoms with Crippen LogP contribution in [-0.4, -0.2) is 24.8 Å². The third-order valence-corrected chi connectivity index (χ3v) is 1.91. The summed E-state index contributed by atoms with van der Waals surface area (Å²) in [5.74, 6) is 0. The monoisotopic (exact) mass is 174 g/mol. The van der Waals surface area contributed by atoms with E-state index in [0.717, 1.165) is 6.42 Å². The molecule has 1 amide bonds. The van der Waals surface area contributed by atoms with Crippen molar-refractivity contribution in [1.29, 1.82) is 0 Å². The first-order valence-corrected chi connectivity index (χ1v) is 4.23. The molecule has 0 aliphatic heterocycles. The van der Waals surface area contributed by atoms with Crippen LogP contribution in [0.5, 0.6) is 0 Å². The molecular weight excluding hydrogens is 156 g/mol. The van der Waals surface area contributed by atoms with Crippen molar-refractivity contribution in [3.05, 3.63) is 0 Å². The van der Waals surface area contributed by atoms with Gasteiger partial charge in [-0.25, -0.2) is 4.79 Å². The summed E-state index contributed by atoms with van der Waals surface area (Å²) >= 11 is 0. The third kappa shape index (κ3) is 3.57. The van der Waals surface area contributed by atoms with Gasteiger partial charge in [-0.3, -0.25) is 0 Å². The first-order chi connectivity index (χ1) is 5.58. The zero-order chi connectivity index (χ0) is 9.61. The van der Waals surface area contributed by atoms with Crippen LogP contribution in [0.2, 0.25) is 0 Å². The number of nitrogens with two attached hydrogens (primary N) is 1. The van der Waals surface area contributed by atoms with Gasteiger partial charge in [0.25, 0.3) is 0 Å². The number of hydrogen-bond donors (Lipinski definition) is 2. The lowest BCUT2D eigenvalue weighted by atomic mass is 10.00. The van der Waals surface area contributed by atoms with Crippen LogP contribution in [0, 0.1) is 0 Å². The molecule has 0 rings (SSSR count). The second-order valence-electron chi connectivity index (χ2n) is 2.96. The van der Waals surface area contributed by atoms with Gasteiger partial charge in [-0.1, -0.05) is 6.92 Å². The fourth-order valence-electron chi connectivity index (χ4n) is 0.697. The Labute approximate surface area is 73.5 Å². The Kier molecular flexibility index (Phi) is 4.66. The number of carbonyl (C=O) groups is 1. The Bertz CT molecular complexity index is 144. The Morgan fingerprint density at radius 1 is 1.58 bits per heavy atom. The largest absolute Gasteiger partial charge is 0.450 e. The predicted molar refractivity (Wildman–Crippen MR) is 47.9 cm³/mol. The molecule has 0 heterocycles. The van der Waals surface area contributed by atoms with Crippen molar-refractivity contribution < 1.29 is 9.53 Å². The van der Waals surface area contributed by atoms with E-state index in [0.29, 0.717) is 13.2 Å². The predicted octanol–water partition coefficient (Wildman–Crippen LogP) is 0.860. The molecule has 0 aromatic heterocycles. The maximum absolute atomic E-state index is 11.0. The van der Waals surface area contributed by atoms with Gasteiger partial charge in [0.15, 0.2) is 0 Å². The Hall–Kier alpha value is -0.770. The molecule has 0 saturated carbocycles. The molecule has 0 aliphatic carbocycles. The van der Waals surface area contributed by atoms with E-state index in [9.17, 15) is 4.79 Å². The van der Waals surface area contributed by atoms with Crippen LogP contribution in [-0.2, 0) is 4.74 Å². The van der Waals surface area contributed by atoms with Crippen molar-refractivity contribution in [3.8, 4) is 0 Å². The van der Waals surface area contributed by atoms with Gasteiger partial charge in [-0.15, -0.1) is 0 Å². The maximum Gasteiger partial charge on any atom is 0.407 e. The van der Waals surface area contributed by atoms with Gasteiger partial charge in [-0.05, 0) is 20.3 Å². The summed E-state index contributed by atoms with van der Waals surface area (Å²) in [6, 6.07) is 0. The van der Waals surface area contributed by atoms with E-state index in [4.69, 9.17) is 10.5 Å². The van der Waals surface area contributed by atoms with Crippen LogP contribution in [0.4, 0.5) is 4.79 Å². The summed E-state index contributed by atoms with van der Waals surface area (Å²) in [4.78, 5) is 11.0. The van der Waals surface area contributed by atoms with E-state index in [-0.39, 0.29) is 5.54 Å². The van der Waals surface area contributed by atoms with Gasteiger partial charge in [0.1, 0.15) is 0 Å². The minimum absolute atomic E-state index is 0.341. The van der Waals surface area contributed by atoms with Crippen molar-refractivity contribution in [3.63, 3.8) is 0 Å². The van der Waals surface area contributed by atoms with Crippen LogP contribution in [0.3, 0.4) is 0 Å². The fraction of sp³-hybridized carbons (Fsp3) is 0.875. The SMILES string of the molecule is CCOC(=O)NC(C)(CC)CN. The summed E-state index contributed by atoms with van der Waals surface area (Å²) in [5.41, 5.74) is 5.15. The van der Waals surface area contributed by atoms with Crippen molar-refractivity contribution in [2.45, 2.75) is 32.7 Å². The van der Waals surface area contributed by atoms with Crippen LogP contribution in [0.15, 0.2) is 0 Å². The molecule has 0 fully saturated rings. The van der Waals surface area contributed by atoms with E-state index in [2.05, 4.69) is 5.32 Å². The smallest absolute Gasteiger partial charge is 0.407 e. The highest BCUT2D eigenvalue weighted by Gasteiger charge is 2.22. The molecule has 0 radical (unpaired) electrons. The van der Waals surface area contributed by atoms with Crippen LogP contribution in [0.1, 0.15) is 27.2 Å². The fourth-order valence-corrected chi connectivity index (χ4v) is 0.697. The molecule has 4 heteroatoms. The van der Waals surface area contributed by atoms with Gasteiger partial charge in [0, 0.05) is 6.54 Å². The number of ether oxygens (including phenoxy) is 1. The summed E-state index contributed by atoms with van der Waals surface area (Å²) in [6.45, 7) is 6.44. The quantitative estimate of drug-likeness (QED) is 0.664. The van der Waals surface area contributed by atoms with Crippen LogP contribution in [0.25, 0.3) is 0 Å². The highest BCUT2D eigenvalue weighted by atomic mass is 16.5. The summed E-state index contributed by atoms with van der Waals surface area (Å²) in [7, 11) is 0. The lowest BCUT2D eigenvalue weighted by Crippen LogP contribution is -2.51. The average molecular weight is 174 g/mol. The van der Waals surface area contributed by atoms with Crippen LogP contribution < -0.4 is 11.1 Å². The van der Waals surface area contributed by atoms with Crippen molar-refractivity contribution in [1.82, 2.24) is 5.32 Å². The summed E-state index contributed by atoms with van der Waals surface area (Å²) < 4.78 is 4.74. The van der Waals surface area contributed by atoms with Crippen LogP contribution >= 0.6 is 0 Å². The lowest BCUT2D eigenvalue weighted by Gasteiger charge is -2.27. The minimum Gasteiger partial charge on any atom is -0.450 e. The maximum atomic E-state index is 11.0. The summed E-state index contributed by atoms with van der Waals surface area (Å²) in [6.07, 6.45) is 0.398. The zero-order valence-corrected chi connectivity index (χ0v) is 8.02. The molecule has 0 aromatic carbocycles. The molecule has 12 heavy (non-hydrogen) atoms. The molecule has 4 nitrogen and oxygen atoms in total. The number of rotatable bonds is 4. The highest BCUT2D eigenvalue weighted by Crippen LogP contribution is 2.06. The first kappa shape index (κ1) is 11.2. The zero-order valence-electron chi connectivity index (χ0n) is 8.02. The molecule has 0 aliphatic rings. The summed E-state index contributed by atoms with van der Waals surface area (Å²) in [5, 5.41) is 2.71. The molecule has 1 atom stereocenters. The number of hydrogen-bond acceptors (Lipinski definition) is 3. The normalized spacial score (nSPS) is 15.0. The average Bonchev–Trinajstić information content (AvgIpc) is 2.05. The standard InChI is InChI=1S/C8H18N2O2/c1-4-8(3,6-9)10-7(11)12-5-2/h4-6,9H2,1-3H3,(H,10,11). The van der Waals surface area contributed by atoms with Gasteiger partial charge in [0.2, 0.25) is 0 Å². The molecule has 0 aromatic rings.